The molecule has 13 heavy (non-hydrogen) atoms. The van der Waals surface area contributed by atoms with Crippen molar-refractivity contribution in [1.82, 2.24) is 9.80 Å². The van der Waals surface area contributed by atoms with Crippen LogP contribution in [0.25, 0.3) is 0 Å². The fraction of sp³-hybridized carbons (Fsp3) is 0.889. The molecule has 2 aliphatic rings. The molecule has 2 rings (SSSR count). The fourth-order valence-corrected chi connectivity index (χ4v) is 2.30. The largest absolute Gasteiger partial charge is 0.329 e. The van der Waals surface area contributed by atoms with E-state index in [2.05, 4.69) is 0 Å². The van der Waals surface area contributed by atoms with E-state index in [0.29, 0.717) is 19.1 Å². The maximum absolute atomic E-state index is 11.7. The fourth-order valence-electron chi connectivity index (χ4n) is 2.30. The molecule has 4 nitrogen and oxygen atoms in total. The van der Waals surface area contributed by atoms with Crippen molar-refractivity contribution in [3.8, 4) is 0 Å². The Hall–Kier alpha value is -0.770. The second kappa shape index (κ2) is 3.54. The first-order valence-corrected chi connectivity index (χ1v) is 5.08. The first-order chi connectivity index (χ1) is 6.33. The van der Waals surface area contributed by atoms with Crippen LogP contribution in [0.15, 0.2) is 0 Å². The molecule has 1 atom stereocenters. The van der Waals surface area contributed by atoms with E-state index in [4.69, 9.17) is 5.73 Å². The predicted octanol–water partition coefficient (Wildman–Crippen LogP) is 0.235. The molecular formula is C9H17N3O. The van der Waals surface area contributed by atoms with E-state index in [1.54, 1.807) is 0 Å². The van der Waals surface area contributed by atoms with Crippen LogP contribution in [0.1, 0.15) is 19.3 Å². The zero-order valence-electron chi connectivity index (χ0n) is 7.91. The molecule has 2 amide bonds. The van der Waals surface area contributed by atoms with Gasteiger partial charge >= 0.3 is 6.03 Å². The molecule has 2 saturated heterocycles. The Morgan fingerprint density at radius 2 is 2.31 bits per heavy atom. The number of hydrogen-bond acceptors (Lipinski definition) is 2. The van der Waals surface area contributed by atoms with Crippen molar-refractivity contribution >= 4 is 6.03 Å². The van der Waals surface area contributed by atoms with Gasteiger partial charge in [0.05, 0.1) is 6.04 Å². The molecular weight excluding hydrogens is 166 g/mol. The molecule has 2 fully saturated rings. The lowest BCUT2D eigenvalue weighted by Crippen LogP contribution is -2.39. The average molecular weight is 183 g/mol. The maximum atomic E-state index is 11.7. The highest BCUT2D eigenvalue weighted by Gasteiger charge is 2.37. The molecule has 74 valence electrons. The minimum absolute atomic E-state index is 0.204. The van der Waals surface area contributed by atoms with E-state index in [1.807, 2.05) is 9.80 Å². The second-order valence-corrected chi connectivity index (χ2v) is 3.86. The highest BCUT2D eigenvalue weighted by molar-refractivity contribution is 5.77. The number of urea groups is 1. The maximum Gasteiger partial charge on any atom is 0.320 e. The van der Waals surface area contributed by atoms with Gasteiger partial charge in [0.15, 0.2) is 0 Å². The predicted molar refractivity (Wildman–Crippen MR) is 50.4 cm³/mol. The molecule has 0 spiro atoms. The third kappa shape index (κ3) is 1.50. The lowest BCUT2D eigenvalue weighted by Gasteiger charge is -2.27. The Bertz CT molecular complexity index is 207. The van der Waals surface area contributed by atoms with Gasteiger partial charge in [0.1, 0.15) is 0 Å². The van der Waals surface area contributed by atoms with Crippen LogP contribution in [0, 0.1) is 0 Å². The van der Waals surface area contributed by atoms with Gasteiger partial charge in [-0.1, -0.05) is 0 Å². The van der Waals surface area contributed by atoms with Crippen molar-refractivity contribution in [1.29, 1.82) is 0 Å². The third-order valence-corrected chi connectivity index (χ3v) is 2.97. The monoisotopic (exact) mass is 183 g/mol. The van der Waals surface area contributed by atoms with Crippen LogP contribution in [-0.2, 0) is 0 Å². The Kier molecular flexibility index (Phi) is 2.40. The minimum Gasteiger partial charge on any atom is -0.329 e. The molecule has 0 aromatic heterocycles. The zero-order valence-corrected chi connectivity index (χ0v) is 7.91. The number of carbonyl (C=O) groups excluding carboxylic acids is 1. The molecule has 0 aliphatic carbocycles. The summed E-state index contributed by atoms with van der Waals surface area (Å²) in [7, 11) is 0. The number of hydrogen-bond donors (Lipinski definition) is 1. The van der Waals surface area contributed by atoms with Crippen LogP contribution >= 0.6 is 0 Å². The van der Waals surface area contributed by atoms with Gasteiger partial charge in [0.2, 0.25) is 0 Å². The summed E-state index contributed by atoms with van der Waals surface area (Å²) in [5.41, 5.74) is 5.45. The van der Waals surface area contributed by atoms with E-state index in [1.165, 1.54) is 19.3 Å². The van der Waals surface area contributed by atoms with Crippen LogP contribution in [0.3, 0.4) is 0 Å². The third-order valence-electron chi connectivity index (χ3n) is 2.97. The van der Waals surface area contributed by atoms with E-state index < -0.39 is 0 Å². The smallest absolute Gasteiger partial charge is 0.320 e. The highest BCUT2D eigenvalue weighted by atomic mass is 16.2. The van der Waals surface area contributed by atoms with Gasteiger partial charge in [-0.05, 0) is 19.3 Å². The van der Waals surface area contributed by atoms with Gasteiger partial charge < -0.3 is 15.5 Å². The first kappa shape index (κ1) is 8.81. The number of fused-ring (bicyclic) bond motifs is 1. The lowest BCUT2D eigenvalue weighted by molar-refractivity contribution is 0.176. The topological polar surface area (TPSA) is 49.6 Å². The number of piperidine rings is 1. The molecule has 0 saturated carbocycles. The highest BCUT2D eigenvalue weighted by Crippen LogP contribution is 2.24. The van der Waals surface area contributed by atoms with Crippen molar-refractivity contribution in [3.05, 3.63) is 0 Å². The summed E-state index contributed by atoms with van der Waals surface area (Å²) >= 11 is 0. The molecule has 0 aromatic carbocycles. The van der Waals surface area contributed by atoms with Gasteiger partial charge in [-0.25, -0.2) is 4.79 Å². The van der Waals surface area contributed by atoms with Gasteiger partial charge in [0, 0.05) is 26.2 Å². The molecule has 0 radical (unpaired) electrons. The standard InChI is InChI=1S/C9H17N3O/c10-4-6-11-7-8-3-1-2-5-12(8)9(11)13/h8H,1-7,10H2/t8-/m0/s1. The summed E-state index contributed by atoms with van der Waals surface area (Å²) in [6.45, 7) is 3.14. The quantitative estimate of drug-likeness (QED) is 0.666. The second-order valence-electron chi connectivity index (χ2n) is 3.86. The van der Waals surface area contributed by atoms with Crippen LogP contribution in [0.4, 0.5) is 4.79 Å². The molecule has 0 bridgehead atoms. The van der Waals surface area contributed by atoms with Gasteiger partial charge in [-0.2, -0.15) is 0 Å². The summed E-state index contributed by atoms with van der Waals surface area (Å²) in [4.78, 5) is 15.6. The van der Waals surface area contributed by atoms with Gasteiger partial charge in [-0.3, -0.25) is 0 Å². The van der Waals surface area contributed by atoms with Gasteiger partial charge in [-0.15, -0.1) is 0 Å². The van der Waals surface area contributed by atoms with Crippen molar-refractivity contribution < 1.29 is 4.79 Å². The molecule has 2 aliphatic heterocycles. The van der Waals surface area contributed by atoms with E-state index in [9.17, 15) is 4.79 Å². The van der Waals surface area contributed by atoms with E-state index >= 15 is 0 Å². The summed E-state index contributed by atoms with van der Waals surface area (Å²) in [6, 6.07) is 0.683. The van der Waals surface area contributed by atoms with E-state index in [0.717, 1.165) is 13.1 Å². The zero-order chi connectivity index (χ0) is 9.26. The Morgan fingerprint density at radius 1 is 1.46 bits per heavy atom. The van der Waals surface area contributed by atoms with Crippen LogP contribution in [0.5, 0.6) is 0 Å². The molecule has 2 N–H and O–H groups in total. The summed E-state index contributed by atoms with van der Waals surface area (Å²) in [6.07, 6.45) is 3.61. The van der Waals surface area contributed by atoms with E-state index in [-0.39, 0.29) is 6.03 Å². The molecule has 2 heterocycles. The number of carbonyl (C=O) groups is 1. The van der Waals surface area contributed by atoms with Crippen LogP contribution in [0.2, 0.25) is 0 Å². The van der Waals surface area contributed by atoms with Crippen molar-refractivity contribution in [3.63, 3.8) is 0 Å². The van der Waals surface area contributed by atoms with Crippen molar-refractivity contribution in [2.24, 2.45) is 5.73 Å². The number of nitrogens with two attached hydrogens (primary N) is 1. The Labute approximate surface area is 78.7 Å². The molecule has 0 aromatic rings. The Morgan fingerprint density at radius 3 is 3.00 bits per heavy atom. The van der Waals surface area contributed by atoms with Crippen LogP contribution in [-0.4, -0.2) is 48.1 Å². The molecule has 0 unspecified atom stereocenters. The average Bonchev–Trinajstić information content (AvgIpc) is 2.46. The molecule has 4 heteroatoms. The van der Waals surface area contributed by atoms with Crippen molar-refractivity contribution in [2.75, 3.05) is 26.2 Å². The SMILES string of the molecule is NCCN1C[C@@H]2CCCCN2C1=O. The van der Waals surface area contributed by atoms with Crippen molar-refractivity contribution in [2.45, 2.75) is 25.3 Å². The minimum atomic E-state index is 0.204. The number of nitrogens with zero attached hydrogens (tertiary/aromatic N) is 2. The summed E-state index contributed by atoms with van der Waals surface area (Å²) in [5.74, 6) is 0. The summed E-state index contributed by atoms with van der Waals surface area (Å²) in [5, 5.41) is 0. The first-order valence-electron chi connectivity index (χ1n) is 5.08. The van der Waals surface area contributed by atoms with Crippen LogP contribution < -0.4 is 5.73 Å². The van der Waals surface area contributed by atoms with Gasteiger partial charge in [0.25, 0.3) is 0 Å². The Balaban J connectivity index is 2.01. The normalized spacial score (nSPS) is 28.1. The lowest BCUT2D eigenvalue weighted by atomic mass is 10.0. The number of amides is 2. The summed E-state index contributed by atoms with van der Waals surface area (Å²) < 4.78 is 0. The number of rotatable bonds is 2.